The maximum atomic E-state index is 12.8. The van der Waals surface area contributed by atoms with Gasteiger partial charge in [0.2, 0.25) is 5.91 Å². The van der Waals surface area contributed by atoms with Crippen LogP contribution in [0.3, 0.4) is 0 Å². The van der Waals surface area contributed by atoms with Gasteiger partial charge < -0.3 is 9.45 Å². The lowest BCUT2D eigenvalue weighted by Crippen LogP contribution is -2.68. The molecule has 1 aromatic carbocycles. The molecule has 2 saturated heterocycles. The zero-order chi connectivity index (χ0) is 16.9. The molecule has 3 unspecified atom stereocenters. The molecule has 8 heteroatoms. The molecule has 0 N–H and O–H groups in total. The molecular formula is C15H16BrClN2O3S. The highest BCUT2D eigenvalue weighted by molar-refractivity contribution is 9.10. The van der Waals surface area contributed by atoms with E-state index < -0.39 is 32.5 Å². The number of rotatable bonds is 3. The highest BCUT2D eigenvalue weighted by Crippen LogP contribution is 2.43. The summed E-state index contributed by atoms with van der Waals surface area (Å²) in [5.74, 6) is -0.564. The molecule has 0 bridgehead atoms. The van der Waals surface area contributed by atoms with E-state index in [1.165, 1.54) is 9.21 Å². The monoisotopic (exact) mass is 418 g/mol. The number of β-lactam (4-membered cyclic amide) rings is 1. The Morgan fingerprint density at radius 1 is 1.26 bits per heavy atom. The zero-order valence-corrected chi connectivity index (χ0v) is 15.8. The second-order valence-corrected chi connectivity index (χ2v) is 9.56. The SMILES string of the molecule is CC1(C)[C@@H](N2C(=O)C(Br)C2Cl)C(=O)N(Cc2ccccc2)[S+]1[O-]. The lowest BCUT2D eigenvalue weighted by molar-refractivity contribution is -0.151. The third-order valence-electron chi connectivity index (χ3n) is 4.23. The minimum absolute atomic E-state index is 0.241. The van der Waals surface area contributed by atoms with Gasteiger partial charge in [-0.3, -0.25) is 9.59 Å². The van der Waals surface area contributed by atoms with Gasteiger partial charge in [0.15, 0.2) is 10.8 Å². The van der Waals surface area contributed by atoms with Gasteiger partial charge in [0.05, 0.1) is 17.9 Å². The van der Waals surface area contributed by atoms with Gasteiger partial charge >= 0.3 is 0 Å². The van der Waals surface area contributed by atoms with Crippen LogP contribution < -0.4 is 0 Å². The predicted molar refractivity (Wildman–Crippen MR) is 92.2 cm³/mol. The Hall–Kier alpha value is -0.760. The third kappa shape index (κ3) is 2.58. The van der Waals surface area contributed by atoms with E-state index in [9.17, 15) is 14.1 Å². The number of carbonyl (C=O) groups is 2. The predicted octanol–water partition coefficient (Wildman–Crippen LogP) is 2.01. The summed E-state index contributed by atoms with van der Waals surface area (Å²) in [6.07, 6.45) is 0. The van der Waals surface area contributed by atoms with Crippen LogP contribution in [-0.2, 0) is 27.5 Å². The maximum Gasteiger partial charge on any atom is 0.292 e. The molecule has 124 valence electrons. The number of carbonyl (C=O) groups excluding carboxylic acids is 2. The van der Waals surface area contributed by atoms with E-state index in [-0.39, 0.29) is 18.4 Å². The van der Waals surface area contributed by atoms with Gasteiger partial charge in [0.1, 0.15) is 10.3 Å². The minimum Gasteiger partial charge on any atom is -0.592 e. The molecule has 4 atom stereocenters. The first kappa shape index (κ1) is 17.1. The summed E-state index contributed by atoms with van der Waals surface area (Å²) in [4.78, 5) is 25.8. The van der Waals surface area contributed by atoms with E-state index in [0.717, 1.165) is 5.56 Å². The van der Waals surface area contributed by atoms with Crippen molar-refractivity contribution < 1.29 is 14.1 Å². The first-order chi connectivity index (χ1) is 10.8. The molecular weight excluding hydrogens is 404 g/mol. The Balaban J connectivity index is 1.88. The number of hydrogen-bond acceptors (Lipinski definition) is 3. The average molecular weight is 420 g/mol. The van der Waals surface area contributed by atoms with Crippen molar-refractivity contribution in [3.05, 3.63) is 35.9 Å². The Labute approximate surface area is 151 Å². The Bertz CT molecular complexity index is 645. The topological polar surface area (TPSA) is 63.7 Å². The van der Waals surface area contributed by atoms with Gasteiger partial charge in [-0.25, -0.2) is 0 Å². The second-order valence-electron chi connectivity index (χ2n) is 6.14. The number of hydrogen-bond donors (Lipinski definition) is 0. The van der Waals surface area contributed by atoms with Crippen LogP contribution in [0.15, 0.2) is 30.3 Å². The van der Waals surface area contributed by atoms with Gasteiger partial charge in [0, 0.05) is 0 Å². The van der Waals surface area contributed by atoms with Gasteiger partial charge in [0.25, 0.3) is 5.91 Å². The van der Waals surface area contributed by atoms with Crippen LogP contribution in [0.2, 0.25) is 0 Å². The summed E-state index contributed by atoms with van der Waals surface area (Å²) in [5, 5.41) is 0. The number of amides is 2. The molecule has 23 heavy (non-hydrogen) atoms. The van der Waals surface area contributed by atoms with Crippen molar-refractivity contribution in [3.8, 4) is 0 Å². The fourth-order valence-corrected chi connectivity index (χ4v) is 5.26. The van der Waals surface area contributed by atoms with Crippen molar-refractivity contribution in [1.82, 2.24) is 9.21 Å². The number of nitrogens with zero attached hydrogens (tertiary/aromatic N) is 2. The molecule has 2 amide bonds. The molecule has 1 aromatic rings. The van der Waals surface area contributed by atoms with Crippen molar-refractivity contribution in [2.45, 2.75) is 41.5 Å². The van der Waals surface area contributed by atoms with Crippen molar-refractivity contribution in [2.24, 2.45) is 0 Å². The molecule has 0 aromatic heterocycles. The van der Waals surface area contributed by atoms with Crippen molar-refractivity contribution >= 4 is 50.7 Å². The van der Waals surface area contributed by atoms with Gasteiger partial charge in [-0.15, -0.1) is 0 Å². The minimum atomic E-state index is -1.55. The zero-order valence-electron chi connectivity index (χ0n) is 12.6. The van der Waals surface area contributed by atoms with Gasteiger partial charge in [-0.2, -0.15) is 4.31 Å². The molecule has 5 nitrogen and oxygen atoms in total. The molecule has 0 aliphatic carbocycles. The second kappa shape index (κ2) is 5.95. The molecule has 2 aliphatic heterocycles. The van der Waals surface area contributed by atoms with Gasteiger partial charge in [-0.1, -0.05) is 57.9 Å². The Kier molecular flexibility index (Phi) is 4.42. The first-order valence-electron chi connectivity index (χ1n) is 7.14. The highest BCUT2D eigenvalue weighted by atomic mass is 79.9. The van der Waals surface area contributed by atoms with Crippen LogP contribution in [0.1, 0.15) is 19.4 Å². The summed E-state index contributed by atoms with van der Waals surface area (Å²) < 4.78 is 13.3. The number of alkyl halides is 2. The van der Waals surface area contributed by atoms with Crippen LogP contribution >= 0.6 is 27.5 Å². The number of likely N-dealkylation sites (tertiary alicyclic amines) is 1. The highest BCUT2D eigenvalue weighted by Gasteiger charge is 2.66. The molecule has 0 radical (unpaired) electrons. The Morgan fingerprint density at radius 2 is 1.87 bits per heavy atom. The van der Waals surface area contributed by atoms with Crippen LogP contribution in [-0.4, -0.2) is 46.7 Å². The lowest BCUT2D eigenvalue weighted by Gasteiger charge is -2.45. The average Bonchev–Trinajstić information content (AvgIpc) is 2.70. The first-order valence-corrected chi connectivity index (χ1v) is 9.60. The van der Waals surface area contributed by atoms with Crippen LogP contribution in [0.5, 0.6) is 0 Å². The van der Waals surface area contributed by atoms with Gasteiger partial charge in [-0.05, 0) is 19.4 Å². The van der Waals surface area contributed by atoms with E-state index in [2.05, 4.69) is 15.9 Å². The maximum absolute atomic E-state index is 12.8. The van der Waals surface area contributed by atoms with E-state index in [0.29, 0.717) is 0 Å². The van der Waals surface area contributed by atoms with Crippen LogP contribution in [0.25, 0.3) is 0 Å². The quantitative estimate of drug-likeness (QED) is 0.326. The third-order valence-corrected chi connectivity index (χ3v) is 7.73. The molecule has 0 spiro atoms. The standard InChI is InChI=1S/C15H16BrClN2O3S/c1-15(2)11(19-12(17)10(16)13(19)20)14(21)18(23(15)22)8-9-6-4-3-5-7-9/h3-7,10-12H,8H2,1-2H3/t10?,11-,12?,23?/m0/s1. The smallest absolute Gasteiger partial charge is 0.292 e. The fourth-order valence-electron chi connectivity index (χ4n) is 2.94. The normalized spacial score (nSPS) is 33.1. The van der Waals surface area contributed by atoms with Crippen molar-refractivity contribution in [3.63, 3.8) is 0 Å². The summed E-state index contributed by atoms with van der Waals surface area (Å²) in [6.45, 7) is 3.71. The fraction of sp³-hybridized carbons (Fsp3) is 0.467. The van der Waals surface area contributed by atoms with Crippen LogP contribution in [0.4, 0.5) is 0 Å². The van der Waals surface area contributed by atoms with E-state index >= 15 is 0 Å². The summed E-state index contributed by atoms with van der Waals surface area (Å²) in [7, 11) is 0. The molecule has 2 fully saturated rings. The Morgan fingerprint density at radius 3 is 2.43 bits per heavy atom. The van der Waals surface area contributed by atoms with E-state index in [1.807, 2.05) is 30.3 Å². The van der Waals surface area contributed by atoms with E-state index in [4.69, 9.17) is 11.6 Å². The largest absolute Gasteiger partial charge is 0.592 e. The number of benzene rings is 1. The molecule has 2 heterocycles. The molecule has 2 aliphatic rings. The lowest BCUT2D eigenvalue weighted by atomic mass is 9.96. The number of halogens is 2. The van der Waals surface area contributed by atoms with E-state index in [1.54, 1.807) is 13.8 Å². The summed E-state index contributed by atoms with van der Waals surface area (Å²) >= 11 is 7.83. The molecule has 0 saturated carbocycles. The van der Waals surface area contributed by atoms with Crippen LogP contribution in [0, 0.1) is 0 Å². The van der Waals surface area contributed by atoms with Crippen molar-refractivity contribution in [1.29, 1.82) is 0 Å². The van der Waals surface area contributed by atoms with Crippen molar-refractivity contribution in [2.75, 3.05) is 0 Å². The summed E-state index contributed by atoms with van der Waals surface area (Å²) in [6, 6.07) is 8.55. The summed E-state index contributed by atoms with van der Waals surface area (Å²) in [5.41, 5.74) is 0.283. The molecule has 3 rings (SSSR count).